The maximum Gasteiger partial charge on any atom is 0.145 e. The third-order valence-electron chi connectivity index (χ3n) is 2.30. The van der Waals surface area contributed by atoms with Gasteiger partial charge in [0.2, 0.25) is 0 Å². The molecule has 0 saturated carbocycles. The molecule has 0 aromatic heterocycles. The first-order chi connectivity index (χ1) is 6.18. The van der Waals surface area contributed by atoms with Crippen LogP contribution in [0.5, 0.6) is 5.75 Å². The Kier molecular flexibility index (Phi) is 2.20. The van der Waals surface area contributed by atoms with E-state index < -0.39 is 0 Å². The molecule has 1 aromatic rings. The highest BCUT2D eigenvalue weighted by Crippen LogP contribution is 2.36. The van der Waals surface area contributed by atoms with E-state index in [-0.39, 0.29) is 0 Å². The number of nitrogens with zero attached hydrogens (tertiary/aromatic N) is 1. The van der Waals surface area contributed by atoms with E-state index >= 15 is 0 Å². The summed E-state index contributed by atoms with van der Waals surface area (Å²) in [4.78, 5) is 2.22. The fourth-order valence-electron chi connectivity index (χ4n) is 1.59. The van der Waals surface area contributed by atoms with Gasteiger partial charge >= 0.3 is 0 Å². The topological polar surface area (TPSA) is 12.5 Å². The summed E-state index contributed by atoms with van der Waals surface area (Å²) in [6.45, 7) is 3.82. The summed E-state index contributed by atoms with van der Waals surface area (Å²) in [5.41, 5.74) is 2.37. The van der Waals surface area contributed by atoms with Gasteiger partial charge in [0, 0.05) is 11.5 Å². The molecule has 0 atom stereocenters. The number of rotatable bonds is 0. The van der Waals surface area contributed by atoms with Gasteiger partial charge in [0.15, 0.2) is 0 Å². The molecule has 2 nitrogen and oxygen atoms in total. The summed E-state index contributed by atoms with van der Waals surface area (Å²) in [6.07, 6.45) is 0. The van der Waals surface area contributed by atoms with Gasteiger partial charge in [0.05, 0.1) is 12.2 Å². The molecule has 0 bridgehead atoms. The second kappa shape index (κ2) is 3.22. The van der Waals surface area contributed by atoms with Gasteiger partial charge in [-0.25, -0.2) is 0 Å². The Morgan fingerprint density at radius 3 is 3.00 bits per heavy atom. The number of fused-ring (bicyclic) bond motifs is 1. The molecule has 0 saturated heterocycles. The predicted molar refractivity (Wildman–Crippen MR) is 57.6 cm³/mol. The van der Waals surface area contributed by atoms with Crippen LogP contribution in [-0.2, 0) is 0 Å². The largest absolute Gasteiger partial charge is 0.489 e. The summed E-state index contributed by atoms with van der Waals surface area (Å²) < 4.78 is 6.73. The van der Waals surface area contributed by atoms with E-state index in [1.165, 1.54) is 11.3 Å². The van der Waals surface area contributed by atoms with Crippen LogP contribution >= 0.6 is 15.9 Å². The maximum atomic E-state index is 5.62. The lowest BCUT2D eigenvalue weighted by atomic mass is 10.1. The average Bonchev–Trinajstić information content (AvgIpc) is 2.07. The van der Waals surface area contributed by atoms with Crippen molar-refractivity contribution in [2.45, 2.75) is 6.92 Å². The van der Waals surface area contributed by atoms with Crippen LogP contribution in [0.2, 0.25) is 0 Å². The van der Waals surface area contributed by atoms with Gasteiger partial charge in [0.1, 0.15) is 12.4 Å². The number of benzene rings is 1. The summed E-state index contributed by atoms with van der Waals surface area (Å²) in [5, 5.41) is 0. The van der Waals surface area contributed by atoms with Crippen molar-refractivity contribution in [2.75, 3.05) is 25.1 Å². The van der Waals surface area contributed by atoms with E-state index in [1.807, 2.05) is 0 Å². The first-order valence-corrected chi connectivity index (χ1v) is 5.12. The van der Waals surface area contributed by atoms with E-state index in [4.69, 9.17) is 4.74 Å². The minimum Gasteiger partial charge on any atom is -0.489 e. The summed E-state index contributed by atoms with van der Waals surface area (Å²) in [6, 6.07) is 4.18. The first-order valence-electron chi connectivity index (χ1n) is 4.32. The van der Waals surface area contributed by atoms with Gasteiger partial charge in [-0.1, -0.05) is 15.9 Å². The second-order valence-corrected chi connectivity index (χ2v) is 4.26. The molecule has 0 amide bonds. The van der Waals surface area contributed by atoms with Crippen molar-refractivity contribution in [3.8, 4) is 5.75 Å². The Morgan fingerprint density at radius 1 is 1.46 bits per heavy atom. The number of hydrogen-bond acceptors (Lipinski definition) is 2. The quantitative estimate of drug-likeness (QED) is 0.693. The van der Waals surface area contributed by atoms with Gasteiger partial charge in [-0.3, -0.25) is 0 Å². The van der Waals surface area contributed by atoms with E-state index in [0.29, 0.717) is 0 Å². The SMILES string of the molecule is Cc1cc(Br)cc2c1OCCN2C. The molecule has 0 unspecified atom stereocenters. The molecule has 13 heavy (non-hydrogen) atoms. The third kappa shape index (κ3) is 1.53. The lowest BCUT2D eigenvalue weighted by Crippen LogP contribution is -2.29. The molecule has 0 spiro atoms. The summed E-state index contributed by atoms with van der Waals surface area (Å²) >= 11 is 3.49. The normalized spacial score (nSPS) is 15.2. The second-order valence-electron chi connectivity index (χ2n) is 3.34. The maximum absolute atomic E-state index is 5.62. The van der Waals surface area contributed by atoms with Crippen molar-refractivity contribution >= 4 is 21.6 Å². The van der Waals surface area contributed by atoms with Crippen molar-refractivity contribution in [3.63, 3.8) is 0 Å². The van der Waals surface area contributed by atoms with E-state index in [2.05, 4.69) is 46.9 Å². The van der Waals surface area contributed by atoms with Gasteiger partial charge in [-0.2, -0.15) is 0 Å². The molecule has 1 heterocycles. The number of anilines is 1. The van der Waals surface area contributed by atoms with Gasteiger partial charge in [-0.15, -0.1) is 0 Å². The van der Waals surface area contributed by atoms with Crippen molar-refractivity contribution in [1.82, 2.24) is 0 Å². The zero-order valence-electron chi connectivity index (χ0n) is 7.80. The van der Waals surface area contributed by atoms with Crippen molar-refractivity contribution in [3.05, 3.63) is 22.2 Å². The van der Waals surface area contributed by atoms with Gasteiger partial charge in [0.25, 0.3) is 0 Å². The van der Waals surface area contributed by atoms with Crippen molar-refractivity contribution in [2.24, 2.45) is 0 Å². The van der Waals surface area contributed by atoms with Crippen LogP contribution in [0.1, 0.15) is 5.56 Å². The Morgan fingerprint density at radius 2 is 2.23 bits per heavy atom. The van der Waals surface area contributed by atoms with Crippen LogP contribution < -0.4 is 9.64 Å². The molecule has 0 aliphatic carbocycles. The minimum absolute atomic E-state index is 0.784. The van der Waals surface area contributed by atoms with Gasteiger partial charge in [-0.05, 0) is 24.6 Å². The number of aryl methyl sites for hydroxylation is 1. The van der Waals surface area contributed by atoms with Crippen LogP contribution in [0.15, 0.2) is 16.6 Å². The molecule has 0 N–H and O–H groups in total. The average molecular weight is 242 g/mol. The first kappa shape index (κ1) is 8.88. The van der Waals surface area contributed by atoms with Crippen LogP contribution in [0.25, 0.3) is 0 Å². The van der Waals surface area contributed by atoms with Crippen LogP contribution in [0.3, 0.4) is 0 Å². The molecule has 1 aliphatic rings. The Balaban J connectivity index is 2.56. The predicted octanol–water partition coefficient (Wildman–Crippen LogP) is 2.59. The lowest BCUT2D eigenvalue weighted by Gasteiger charge is -2.29. The smallest absolute Gasteiger partial charge is 0.145 e. The highest BCUT2D eigenvalue weighted by atomic mass is 79.9. The Hall–Kier alpha value is -0.700. The van der Waals surface area contributed by atoms with Crippen molar-refractivity contribution in [1.29, 1.82) is 0 Å². The van der Waals surface area contributed by atoms with Crippen LogP contribution in [0.4, 0.5) is 5.69 Å². The molecular weight excluding hydrogens is 230 g/mol. The Labute approximate surface area is 86.6 Å². The summed E-state index contributed by atoms with van der Waals surface area (Å²) in [5.74, 6) is 1.02. The van der Waals surface area contributed by atoms with Crippen LogP contribution in [0, 0.1) is 6.92 Å². The molecule has 0 radical (unpaired) electrons. The van der Waals surface area contributed by atoms with Crippen LogP contribution in [-0.4, -0.2) is 20.2 Å². The fraction of sp³-hybridized carbons (Fsp3) is 0.400. The highest BCUT2D eigenvalue weighted by Gasteiger charge is 2.17. The standard InChI is InChI=1S/C10H12BrNO/c1-7-5-8(11)6-9-10(7)13-4-3-12(9)2/h5-6H,3-4H2,1-2H3. The third-order valence-corrected chi connectivity index (χ3v) is 2.76. The van der Waals surface area contributed by atoms with E-state index in [9.17, 15) is 0 Å². The molecule has 2 rings (SSSR count). The fourth-order valence-corrected chi connectivity index (χ4v) is 2.15. The zero-order valence-corrected chi connectivity index (χ0v) is 9.39. The molecule has 1 aliphatic heterocycles. The highest BCUT2D eigenvalue weighted by molar-refractivity contribution is 9.10. The minimum atomic E-state index is 0.784. The number of halogens is 1. The monoisotopic (exact) mass is 241 g/mol. The molecule has 70 valence electrons. The summed E-state index contributed by atoms with van der Waals surface area (Å²) in [7, 11) is 2.09. The lowest BCUT2D eigenvalue weighted by molar-refractivity contribution is 0.309. The van der Waals surface area contributed by atoms with Crippen molar-refractivity contribution < 1.29 is 4.74 Å². The zero-order chi connectivity index (χ0) is 9.42. The van der Waals surface area contributed by atoms with E-state index in [1.54, 1.807) is 0 Å². The molecule has 0 fully saturated rings. The molecular formula is C10H12BrNO. The molecule has 1 aromatic carbocycles. The molecule has 3 heteroatoms. The number of likely N-dealkylation sites (N-methyl/N-ethyl adjacent to an activating group) is 1. The van der Waals surface area contributed by atoms with E-state index in [0.717, 1.165) is 23.4 Å². The Bertz CT molecular complexity index is 338. The van der Waals surface area contributed by atoms with Gasteiger partial charge < -0.3 is 9.64 Å². The number of ether oxygens (including phenoxy) is 1. The number of hydrogen-bond donors (Lipinski definition) is 0.